The first kappa shape index (κ1) is 13.8. The van der Waals surface area contributed by atoms with Crippen molar-refractivity contribution >= 4 is 23.2 Å². The molecule has 0 saturated carbocycles. The van der Waals surface area contributed by atoms with Crippen LogP contribution in [0.3, 0.4) is 0 Å². The molecule has 21 heavy (non-hydrogen) atoms. The minimum atomic E-state index is -0.120. The summed E-state index contributed by atoms with van der Waals surface area (Å²) in [5, 5.41) is 5.69. The third-order valence-electron chi connectivity index (χ3n) is 3.46. The zero-order valence-electron chi connectivity index (χ0n) is 11.9. The summed E-state index contributed by atoms with van der Waals surface area (Å²) in [6.45, 7) is 3.12. The summed E-state index contributed by atoms with van der Waals surface area (Å²) in [4.78, 5) is 29.9. The molecule has 1 fully saturated rings. The predicted molar refractivity (Wildman–Crippen MR) is 80.2 cm³/mol. The fourth-order valence-corrected chi connectivity index (χ4v) is 3.01. The Hall–Kier alpha value is -2.15. The van der Waals surface area contributed by atoms with Gasteiger partial charge < -0.3 is 14.8 Å². The molecule has 1 N–H and O–H groups in total. The number of carbonyl (C=O) groups is 2. The van der Waals surface area contributed by atoms with Gasteiger partial charge in [-0.2, -0.15) is 0 Å². The summed E-state index contributed by atoms with van der Waals surface area (Å²) < 4.78 is 1.79. The van der Waals surface area contributed by atoms with Crippen molar-refractivity contribution in [3.8, 4) is 11.3 Å². The van der Waals surface area contributed by atoms with E-state index in [9.17, 15) is 9.59 Å². The molecule has 6 nitrogen and oxygen atoms in total. The van der Waals surface area contributed by atoms with E-state index in [2.05, 4.69) is 10.3 Å². The number of hydrogen-bond acceptors (Lipinski definition) is 4. The molecule has 0 atom stereocenters. The van der Waals surface area contributed by atoms with E-state index in [-0.39, 0.29) is 18.4 Å². The predicted octanol–water partition coefficient (Wildman–Crippen LogP) is 1.03. The van der Waals surface area contributed by atoms with Crippen LogP contribution in [0, 0.1) is 6.92 Å². The van der Waals surface area contributed by atoms with Crippen molar-refractivity contribution < 1.29 is 9.59 Å². The molecule has 1 saturated heterocycles. The molecule has 2 amide bonds. The van der Waals surface area contributed by atoms with Crippen LogP contribution < -0.4 is 5.32 Å². The Balaban J connectivity index is 1.87. The molecular weight excluding hydrogens is 288 g/mol. The van der Waals surface area contributed by atoms with E-state index in [1.54, 1.807) is 20.8 Å². The third kappa shape index (κ3) is 2.69. The van der Waals surface area contributed by atoms with Crippen LogP contribution in [0.1, 0.15) is 15.5 Å². The van der Waals surface area contributed by atoms with E-state index in [0.29, 0.717) is 18.8 Å². The van der Waals surface area contributed by atoms with Crippen LogP contribution in [0.5, 0.6) is 0 Å². The lowest BCUT2D eigenvalue weighted by Crippen LogP contribution is -2.50. The Labute approximate surface area is 126 Å². The number of aryl methyl sites for hydroxylation is 2. The highest BCUT2D eigenvalue weighted by molar-refractivity contribution is 7.09. The minimum absolute atomic E-state index is 0.112. The molecule has 0 spiro atoms. The smallest absolute Gasteiger partial charge is 0.271 e. The SMILES string of the molecule is Cc1nc(-c2cc(C(=O)N3CCNC(=O)C3)n(C)c2)cs1. The Morgan fingerprint density at radius 1 is 1.48 bits per heavy atom. The van der Waals surface area contributed by atoms with E-state index in [1.807, 2.05) is 31.6 Å². The van der Waals surface area contributed by atoms with Gasteiger partial charge in [0.25, 0.3) is 5.91 Å². The molecule has 3 heterocycles. The van der Waals surface area contributed by atoms with E-state index in [0.717, 1.165) is 16.3 Å². The van der Waals surface area contributed by atoms with Crippen molar-refractivity contribution in [1.82, 2.24) is 19.8 Å². The van der Waals surface area contributed by atoms with E-state index in [4.69, 9.17) is 0 Å². The quantitative estimate of drug-likeness (QED) is 0.901. The number of hydrogen-bond donors (Lipinski definition) is 1. The first-order valence-electron chi connectivity index (χ1n) is 6.69. The van der Waals surface area contributed by atoms with Crippen molar-refractivity contribution in [2.75, 3.05) is 19.6 Å². The first-order chi connectivity index (χ1) is 10.0. The van der Waals surface area contributed by atoms with Gasteiger partial charge >= 0.3 is 0 Å². The summed E-state index contributed by atoms with van der Waals surface area (Å²) in [6.07, 6.45) is 1.89. The summed E-state index contributed by atoms with van der Waals surface area (Å²) in [7, 11) is 1.83. The van der Waals surface area contributed by atoms with Gasteiger partial charge in [-0.25, -0.2) is 4.98 Å². The summed E-state index contributed by atoms with van der Waals surface area (Å²) in [5.41, 5.74) is 2.38. The summed E-state index contributed by atoms with van der Waals surface area (Å²) in [5.74, 6) is -0.232. The molecule has 1 aliphatic heterocycles. The number of amides is 2. The maximum atomic E-state index is 12.5. The fraction of sp³-hybridized carbons (Fsp3) is 0.357. The molecule has 3 rings (SSSR count). The zero-order chi connectivity index (χ0) is 15.0. The average molecular weight is 304 g/mol. The molecule has 7 heteroatoms. The van der Waals surface area contributed by atoms with Gasteiger partial charge in [0.15, 0.2) is 0 Å². The van der Waals surface area contributed by atoms with Gasteiger partial charge in [0.1, 0.15) is 5.69 Å². The maximum absolute atomic E-state index is 12.5. The first-order valence-corrected chi connectivity index (χ1v) is 7.57. The molecule has 0 unspecified atom stereocenters. The zero-order valence-corrected chi connectivity index (χ0v) is 12.7. The Bertz CT molecular complexity index is 704. The molecule has 2 aromatic rings. The van der Waals surface area contributed by atoms with Crippen molar-refractivity contribution in [3.05, 3.63) is 28.3 Å². The number of nitrogens with zero attached hydrogens (tertiary/aromatic N) is 3. The van der Waals surface area contributed by atoms with Crippen LogP contribution in [0.25, 0.3) is 11.3 Å². The Kier molecular flexibility index (Phi) is 3.50. The van der Waals surface area contributed by atoms with Crippen molar-refractivity contribution in [2.45, 2.75) is 6.92 Å². The van der Waals surface area contributed by atoms with Crippen LogP contribution in [0.15, 0.2) is 17.6 Å². The van der Waals surface area contributed by atoms with Crippen LogP contribution in [0.4, 0.5) is 0 Å². The molecule has 0 radical (unpaired) electrons. The van der Waals surface area contributed by atoms with Gasteiger partial charge in [-0.05, 0) is 13.0 Å². The van der Waals surface area contributed by atoms with E-state index < -0.39 is 0 Å². The lowest BCUT2D eigenvalue weighted by atomic mass is 10.2. The van der Waals surface area contributed by atoms with Gasteiger partial charge in [0.2, 0.25) is 5.91 Å². The normalized spacial score (nSPS) is 15.1. The van der Waals surface area contributed by atoms with Crippen molar-refractivity contribution in [2.24, 2.45) is 7.05 Å². The van der Waals surface area contributed by atoms with Crippen LogP contribution >= 0.6 is 11.3 Å². The lowest BCUT2D eigenvalue weighted by Gasteiger charge is -2.26. The third-order valence-corrected chi connectivity index (χ3v) is 4.24. The van der Waals surface area contributed by atoms with Crippen LogP contribution in [-0.2, 0) is 11.8 Å². The second-order valence-electron chi connectivity index (χ2n) is 5.05. The molecule has 0 aromatic carbocycles. The molecule has 0 aliphatic carbocycles. The van der Waals surface area contributed by atoms with Gasteiger partial charge in [-0.3, -0.25) is 9.59 Å². The van der Waals surface area contributed by atoms with Gasteiger partial charge in [0.05, 0.1) is 17.2 Å². The van der Waals surface area contributed by atoms with E-state index in [1.165, 1.54) is 0 Å². The second-order valence-corrected chi connectivity index (χ2v) is 6.12. The molecule has 0 bridgehead atoms. The lowest BCUT2D eigenvalue weighted by molar-refractivity contribution is -0.123. The molecule has 110 valence electrons. The largest absolute Gasteiger partial charge is 0.353 e. The summed E-state index contributed by atoms with van der Waals surface area (Å²) >= 11 is 1.58. The monoisotopic (exact) mass is 304 g/mol. The van der Waals surface area contributed by atoms with Crippen molar-refractivity contribution in [1.29, 1.82) is 0 Å². The Morgan fingerprint density at radius 2 is 2.29 bits per heavy atom. The van der Waals surface area contributed by atoms with Gasteiger partial charge in [0, 0.05) is 37.3 Å². The van der Waals surface area contributed by atoms with Gasteiger partial charge in [-0.15, -0.1) is 11.3 Å². The van der Waals surface area contributed by atoms with Crippen LogP contribution in [-0.4, -0.2) is 45.9 Å². The van der Waals surface area contributed by atoms with E-state index >= 15 is 0 Å². The number of carbonyl (C=O) groups excluding carboxylic acids is 2. The highest BCUT2D eigenvalue weighted by Crippen LogP contribution is 2.24. The van der Waals surface area contributed by atoms with Crippen LogP contribution in [0.2, 0.25) is 0 Å². The average Bonchev–Trinajstić information content (AvgIpc) is 3.04. The molecule has 1 aliphatic rings. The number of nitrogens with one attached hydrogen (secondary N) is 1. The number of aromatic nitrogens is 2. The fourth-order valence-electron chi connectivity index (χ4n) is 2.39. The number of piperazine rings is 1. The summed E-state index contributed by atoms with van der Waals surface area (Å²) in [6, 6.07) is 1.84. The maximum Gasteiger partial charge on any atom is 0.271 e. The van der Waals surface area contributed by atoms with Crippen molar-refractivity contribution in [3.63, 3.8) is 0 Å². The second kappa shape index (κ2) is 5.33. The Morgan fingerprint density at radius 3 is 2.95 bits per heavy atom. The molecule has 2 aromatic heterocycles. The minimum Gasteiger partial charge on any atom is -0.353 e. The number of thiazole rings is 1. The molecular formula is C14H16N4O2S. The highest BCUT2D eigenvalue weighted by Gasteiger charge is 2.24. The van der Waals surface area contributed by atoms with Gasteiger partial charge in [-0.1, -0.05) is 0 Å². The highest BCUT2D eigenvalue weighted by atomic mass is 32.1. The number of rotatable bonds is 2. The standard InChI is InChI=1S/C14H16N4O2S/c1-9-16-11(8-21-9)10-5-12(17(2)6-10)14(20)18-4-3-15-13(19)7-18/h5-6,8H,3-4,7H2,1-2H3,(H,15,19). The topological polar surface area (TPSA) is 67.2 Å².